The van der Waals surface area contributed by atoms with Crippen molar-refractivity contribution in [3.05, 3.63) is 71.5 Å². The van der Waals surface area contributed by atoms with Crippen LogP contribution in [-0.2, 0) is 4.79 Å². The van der Waals surface area contributed by atoms with E-state index in [0.717, 1.165) is 51.7 Å². The summed E-state index contributed by atoms with van der Waals surface area (Å²) in [6, 6.07) is 14.3. The lowest BCUT2D eigenvalue weighted by molar-refractivity contribution is -0.119. The van der Waals surface area contributed by atoms with E-state index < -0.39 is 0 Å². The third-order valence-electron chi connectivity index (χ3n) is 5.75. The minimum atomic E-state index is -0.0938. The van der Waals surface area contributed by atoms with Crippen LogP contribution in [0, 0.1) is 6.92 Å². The molecule has 1 aliphatic carbocycles. The zero-order valence-electron chi connectivity index (χ0n) is 18.6. The fourth-order valence-corrected chi connectivity index (χ4v) is 3.98. The first-order valence-electron chi connectivity index (χ1n) is 10.9. The normalized spacial score (nSPS) is 16.9. The Labute approximate surface area is 188 Å². The lowest BCUT2D eigenvalue weighted by atomic mass is 9.94. The van der Waals surface area contributed by atoms with Gasteiger partial charge >= 0.3 is 0 Å². The molecule has 0 aromatic heterocycles. The lowest BCUT2D eigenvalue weighted by Gasteiger charge is -2.38. The van der Waals surface area contributed by atoms with Gasteiger partial charge in [-0.3, -0.25) is 4.79 Å². The minimum absolute atomic E-state index is 0.0561. The summed E-state index contributed by atoms with van der Waals surface area (Å²) >= 11 is 0. The molecule has 0 fully saturated rings. The maximum atomic E-state index is 12.2. The minimum Gasteiger partial charge on any atom is -0.399 e. The van der Waals surface area contributed by atoms with E-state index in [1.807, 2.05) is 32.0 Å². The van der Waals surface area contributed by atoms with Crippen molar-refractivity contribution in [2.75, 3.05) is 29.9 Å². The molecule has 2 aromatic rings. The number of hydrogen-bond donors (Lipinski definition) is 4. The van der Waals surface area contributed by atoms with E-state index >= 15 is 0 Å². The van der Waals surface area contributed by atoms with Gasteiger partial charge in [-0.1, -0.05) is 18.2 Å². The third-order valence-corrected chi connectivity index (χ3v) is 5.75. The monoisotopic (exact) mass is 430 g/mol. The summed E-state index contributed by atoms with van der Waals surface area (Å²) in [6.07, 6.45) is 4.88. The average Bonchev–Trinajstić information content (AvgIpc) is 2.78. The van der Waals surface area contributed by atoms with Crippen molar-refractivity contribution >= 4 is 34.4 Å². The molecule has 7 heteroatoms. The molecule has 0 saturated heterocycles. The Kier molecular flexibility index (Phi) is 6.28. The summed E-state index contributed by atoms with van der Waals surface area (Å²) < 4.78 is 0. The molecule has 0 bridgehead atoms. The second kappa shape index (κ2) is 9.28. The van der Waals surface area contributed by atoms with E-state index in [0.29, 0.717) is 13.1 Å². The van der Waals surface area contributed by atoms with Crippen LogP contribution in [-0.4, -0.2) is 37.3 Å². The van der Waals surface area contributed by atoms with Gasteiger partial charge in [0.05, 0.1) is 29.7 Å². The van der Waals surface area contributed by atoms with Gasteiger partial charge in [0.15, 0.2) is 0 Å². The number of amides is 1. The molecule has 1 amide bonds. The Morgan fingerprint density at radius 1 is 1.19 bits per heavy atom. The van der Waals surface area contributed by atoms with Crippen LogP contribution in [0.15, 0.2) is 70.9 Å². The van der Waals surface area contributed by atoms with Gasteiger partial charge in [-0.25, -0.2) is 4.99 Å². The maximum absolute atomic E-state index is 12.2. The van der Waals surface area contributed by atoms with Crippen LogP contribution in [0.2, 0.25) is 0 Å². The van der Waals surface area contributed by atoms with E-state index in [4.69, 9.17) is 16.5 Å². The number of nitrogens with two attached hydrogens (primary N) is 2. The molecular formula is C25H30N6O. The largest absolute Gasteiger partial charge is 0.399 e. The Hall–Kier alpha value is -3.58. The number of allylic oxidation sites excluding steroid dienone is 1. The van der Waals surface area contributed by atoms with Crippen LogP contribution >= 0.6 is 0 Å². The number of benzene rings is 2. The number of nitrogens with zero attached hydrogens (tertiary/aromatic N) is 2. The molecule has 32 heavy (non-hydrogen) atoms. The summed E-state index contributed by atoms with van der Waals surface area (Å²) in [7, 11) is 0. The molecule has 7 nitrogen and oxygen atoms in total. The highest BCUT2D eigenvalue weighted by Crippen LogP contribution is 2.44. The predicted molar refractivity (Wildman–Crippen MR) is 132 cm³/mol. The second-order valence-electron chi connectivity index (χ2n) is 8.14. The van der Waals surface area contributed by atoms with Crippen molar-refractivity contribution in [1.29, 1.82) is 0 Å². The van der Waals surface area contributed by atoms with Crippen LogP contribution in [0.1, 0.15) is 18.9 Å². The number of aliphatic imine (C=N–C) groups is 1. The zero-order valence-corrected chi connectivity index (χ0v) is 18.6. The van der Waals surface area contributed by atoms with Crippen LogP contribution in [0.3, 0.4) is 0 Å². The number of fused-ring (bicyclic) bond motifs is 2. The third kappa shape index (κ3) is 4.38. The Morgan fingerprint density at radius 3 is 2.72 bits per heavy atom. The summed E-state index contributed by atoms with van der Waals surface area (Å²) in [5.41, 5.74) is 19.4. The van der Waals surface area contributed by atoms with Gasteiger partial charge in [-0.2, -0.15) is 0 Å². The molecule has 0 saturated carbocycles. The van der Waals surface area contributed by atoms with Crippen molar-refractivity contribution in [3.8, 4) is 0 Å². The fraction of sp³-hybridized carbons (Fsp3) is 0.280. The molecule has 1 heterocycles. The van der Waals surface area contributed by atoms with Crippen molar-refractivity contribution in [3.63, 3.8) is 0 Å². The van der Waals surface area contributed by atoms with Gasteiger partial charge < -0.3 is 27.0 Å². The zero-order chi connectivity index (χ0) is 22.7. The molecule has 166 valence electrons. The van der Waals surface area contributed by atoms with Gasteiger partial charge in [-0.05, 0) is 74.4 Å². The highest BCUT2D eigenvalue weighted by molar-refractivity contribution is 6.10. The van der Waals surface area contributed by atoms with Crippen LogP contribution in [0.4, 0.5) is 22.7 Å². The molecular weight excluding hydrogens is 400 g/mol. The van der Waals surface area contributed by atoms with Crippen LogP contribution in [0.25, 0.3) is 0 Å². The molecule has 0 radical (unpaired) electrons. The summed E-state index contributed by atoms with van der Waals surface area (Å²) in [6.45, 7) is 5.37. The topological polar surface area (TPSA) is 109 Å². The van der Waals surface area contributed by atoms with Gasteiger partial charge in [0, 0.05) is 23.6 Å². The Balaban J connectivity index is 1.69. The van der Waals surface area contributed by atoms with E-state index in [2.05, 4.69) is 52.0 Å². The predicted octanol–water partition coefficient (Wildman–Crippen LogP) is 3.27. The first kappa shape index (κ1) is 21.6. The summed E-state index contributed by atoms with van der Waals surface area (Å²) in [5.74, 6) is -0.0561. The molecule has 2 aromatic carbocycles. The number of rotatable bonds is 7. The number of carbonyl (C=O) groups excluding carboxylic acids is 1. The molecule has 0 spiro atoms. The van der Waals surface area contributed by atoms with E-state index in [1.54, 1.807) is 0 Å². The lowest BCUT2D eigenvalue weighted by Crippen LogP contribution is -2.40. The number of aryl methyl sites for hydroxylation is 1. The standard InChI is InChI=1S/C25H30N6O/c1-16-11-21-23(13-19(16)27)31(18-7-4-3-5-8-18)24-14-20(17(2)12-22(24)30-21)29-15-25(32)28-10-6-9-26/h3-5,7-8,11-14,23,29H,6,9-10,15,26-27H2,1-2H3,(H,28,32). The van der Waals surface area contributed by atoms with E-state index in [9.17, 15) is 4.79 Å². The Bertz CT molecular complexity index is 1100. The molecule has 4 rings (SSSR count). The van der Waals surface area contributed by atoms with Crippen LogP contribution < -0.4 is 27.0 Å². The SMILES string of the molecule is CC1=CC2=Nc3cc(C)c(NCC(=O)NCCCN)cc3N(c3ccccc3)C2C=C1N. The van der Waals surface area contributed by atoms with Crippen molar-refractivity contribution < 1.29 is 4.79 Å². The maximum Gasteiger partial charge on any atom is 0.239 e. The van der Waals surface area contributed by atoms with E-state index in [1.165, 1.54) is 0 Å². The van der Waals surface area contributed by atoms with Crippen LogP contribution in [0.5, 0.6) is 0 Å². The first-order chi connectivity index (χ1) is 15.5. The van der Waals surface area contributed by atoms with Crippen molar-refractivity contribution in [2.24, 2.45) is 16.5 Å². The number of carbonyl (C=O) groups is 1. The summed E-state index contributed by atoms with van der Waals surface area (Å²) in [5, 5.41) is 6.15. The second-order valence-corrected chi connectivity index (χ2v) is 8.14. The Morgan fingerprint density at radius 2 is 1.97 bits per heavy atom. The summed E-state index contributed by atoms with van der Waals surface area (Å²) in [4.78, 5) is 19.4. The molecule has 6 N–H and O–H groups in total. The van der Waals surface area contributed by atoms with Gasteiger partial charge in [-0.15, -0.1) is 0 Å². The number of hydrogen-bond acceptors (Lipinski definition) is 6. The molecule has 2 aliphatic rings. The average molecular weight is 431 g/mol. The van der Waals surface area contributed by atoms with E-state index in [-0.39, 0.29) is 18.5 Å². The highest BCUT2D eigenvalue weighted by Gasteiger charge is 2.32. The van der Waals surface area contributed by atoms with Gasteiger partial charge in [0.25, 0.3) is 0 Å². The number of nitrogens with one attached hydrogen (secondary N) is 2. The quantitative estimate of drug-likeness (QED) is 0.504. The molecule has 1 atom stereocenters. The number of para-hydroxylation sites is 1. The first-order valence-corrected chi connectivity index (χ1v) is 10.9. The number of anilines is 3. The fourth-order valence-electron chi connectivity index (χ4n) is 3.98. The molecule has 1 aliphatic heterocycles. The molecule has 1 unspecified atom stereocenters. The van der Waals surface area contributed by atoms with Crippen molar-refractivity contribution in [1.82, 2.24) is 5.32 Å². The van der Waals surface area contributed by atoms with Gasteiger partial charge in [0.2, 0.25) is 5.91 Å². The van der Waals surface area contributed by atoms with Gasteiger partial charge in [0.1, 0.15) is 0 Å². The van der Waals surface area contributed by atoms with Crippen molar-refractivity contribution in [2.45, 2.75) is 26.3 Å². The smallest absolute Gasteiger partial charge is 0.239 e. The highest BCUT2D eigenvalue weighted by atomic mass is 16.1.